The summed E-state index contributed by atoms with van der Waals surface area (Å²) in [5, 5.41) is 12.7. The maximum atomic E-state index is 13.5. The molecule has 1 aliphatic rings. The highest BCUT2D eigenvalue weighted by Gasteiger charge is 2.30. The number of hydrogen-bond acceptors (Lipinski definition) is 4. The number of nitrogens with one attached hydrogen (secondary N) is 1. The van der Waals surface area contributed by atoms with Crippen molar-refractivity contribution < 1.29 is 19.4 Å². The van der Waals surface area contributed by atoms with Gasteiger partial charge in [-0.2, -0.15) is 0 Å². The van der Waals surface area contributed by atoms with E-state index in [9.17, 15) is 14.7 Å². The summed E-state index contributed by atoms with van der Waals surface area (Å²) in [5.74, 6) is 0.940. The second-order valence-electron chi connectivity index (χ2n) is 10.9. The first-order valence-corrected chi connectivity index (χ1v) is 14.9. The normalized spacial score (nSPS) is 16.0. The van der Waals surface area contributed by atoms with Gasteiger partial charge in [0.1, 0.15) is 5.82 Å². The van der Waals surface area contributed by atoms with Gasteiger partial charge in [0.15, 0.2) is 0 Å². The quantitative estimate of drug-likeness (QED) is 0.199. The lowest BCUT2D eigenvalue weighted by Crippen LogP contribution is -2.44. The molecule has 9 heteroatoms. The minimum atomic E-state index is -1.13. The lowest BCUT2D eigenvalue weighted by atomic mass is 9.95. The number of hydrogen-bond donors (Lipinski definition) is 2. The minimum absolute atomic E-state index is 0.0561. The summed E-state index contributed by atoms with van der Waals surface area (Å²) in [6, 6.07) is 23.4. The lowest BCUT2D eigenvalue weighted by Gasteiger charge is -2.33. The summed E-state index contributed by atoms with van der Waals surface area (Å²) in [6.45, 7) is 2.54. The van der Waals surface area contributed by atoms with E-state index >= 15 is 0 Å². The van der Waals surface area contributed by atoms with Crippen LogP contribution < -0.4 is 5.32 Å². The smallest absolute Gasteiger partial charge is 0.404 e. The van der Waals surface area contributed by atoms with E-state index in [1.54, 1.807) is 7.11 Å². The molecule has 3 aromatic carbocycles. The number of halogens is 1. The van der Waals surface area contributed by atoms with Gasteiger partial charge in [0.25, 0.3) is 0 Å². The SMILES string of the molecule is COCCCn1c([C@@H]2CCCN(C(=O)C[C@@H](Cc3ccc(-c4ccccc4)cc3)NC(=O)O)C2)nc2cccc(Cl)c21. The highest BCUT2D eigenvalue weighted by molar-refractivity contribution is 6.35. The average molecular weight is 589 g/mol. The van der Waals surface area contributed by atoms with E-state index in [1.807, 2.05) is 65.6 Å². The standard InChI is InChI=1S/C33H37ClN4O4/c1-42-19-7-18-38-31-28(34)11-5-12-29(31)36-32(38)26-10-6-17-37(22-26)30(39)21-27(35-33(40)41)20-23-13-15-25(16-14-23)24-8-3-2-4-9-24/h2-5,8-9,11-16,26-27,35H,6-7,10,17-22H2,1H3,(H,40,41)/t26-,27-/m1/s1. The van der Waals surface area contributed by atoms with Gasteiger partial charge in [-0.15, -0.1) is 0 Å². The Morgan fingerprint density at radius 3 is 2.57 bits per heavy atom. The average Bonchev–Trinajstić information content (AvgIpc) is 3.37. The summed E-state index contributed by atoms with van der Waals surface area (Å²) < 4.78 is 7.47. The third kappa shape index (κ3) is 7.12. The molecule has 0 saturated carbocycles. The Labute approximate surface area is 251 Å². The van der Waals surface area contributed by atoms with Gasteiger partial charge in [0.2, 0.25) is 5.91 Å². The molecule has 1 fully saturated rings. The molecule has 0 unspecified atom stereocenters. The van der Waals surface area contributed by atoms with Crippen molar-refractivity contribution in [1.29, 1.82) is 0 Å². The van der Waals surface area contributed by atoms with Gasteiger partial charge >= 0.3 is 6.09 Å². The molecule has 0 spiro atoms. The van der Waals surface area contributed by atoms with Gasteiger partial charge in [0, 0.05) is 51.7 Å². The number of methoxy groups -OCH3 is 1. The van der Waals surface area contributed by atoms with Crippen LogP contribution in [0.4, 0.5) is 4.79 Å². The van der Waals surface area contributed by atoms with Crippen molar-refractivity contribution in [1.82, 2.24) is 19.8 Å². The van der Waals surface area contributed by atoms with Crippen molar-refractivity contribution in [3.8, 4) is 11.1 Å². The van der Waals surface area contributed by atoms with Gasteiger partial charge in [0.05, 0.1) is 16.1 Å². The lowest BCUT2D eigenvalue weighted by molar-refractivity contribution is -0.132. The maximum absolute atomic E-state index is 13.5. The van der Waals surface area contributed by atoms with E-state index in [1.165, 1.54) is 0 Å². The molecule has 1 saturated heterocycles. The molecule has 0 aliphatic carbocycles. The van der Waals surface area contributed by atoms with E-state index in [0.29, 0.717) is 31.1 Å². The van der Waals surface area contributed by atoms with Crippen LogP contribution in [0.5, 0.6) is 0 Å². The van der Waals surface area contributed by atoms with Crippen molar-refractivity contribution in [2.24, 2.45) is 0 Å². The van der Waals surface area contributed by atoms with Crippen LogP contribution in [0, 0.1) is 0 Å². The molecule has 220 valence electrons. The van der Waals surface area contributed by atoms with Crippen molar-refractivity contribution >= 4 is 34.6 Å². The second kappa shape index (κ2) is 13.9. The Morgan fingerprint density at radius 1 is 1.07 bits per heavy atom. The maximum Gasteiger partial charge on any atom is 0.404 e. The molecule has 0 radical (unpaired) electrons. The number of nitrogens with zero attached hydrogens (tertiary/aromatic N) is 3. The molecule has 2 heterocycles. The number of piperidine rings is 1. The zero-order valence-electron chi connectivity index (χ0n) is 23.8. The number of rotatable bonds is 11. The summed E-state index contributed by atoms with van der Waals surface area (Å²) >= 11 is 6.60. The van der Waals surface area contributed by atoms with Gasteiger partial charge in [-0.1, -0.05) is 72.3 Å². The van der Waals surface area contributed by atoms with Crippen molar-refractivity contribution in [2.75, 3.05) is 26.8 Å². The summed E-state index contributed by atoms with van der Waals surface area (Å²) in [4.78, 5) is 32.0. The summed E-state index contributed by atoms with van der Waals surface area (Å²) in [6.07, 6.45) is 1.98. The van der Waals surface area contributed by atoms with Crippen LogP contribution >= 0.6 is 11.6 Å². The zero-order chi connectivity index (χ0) is 29.5. The zero-order valence-corrected chi connectivity index (χ0v) is 24.6. The number of imidazole rings is 1. The van der Waals surface area contributed by atoms with Crippen molar-refractivity contribution in [3.63, 3.8) is 0 Å². The summed E-state index contributed by atoms with van der Waals surface area (Å²) in [7, 11) is 1.69. The predicted octanol–water partition coefficient (Wildman–Crippen LogP) is 6.37. The third-order valence-electron chi connectivity index (χ3n) is 7.91. The number of likely N-dealkylation sites (tertiary alicyclic amines) is 1. The highest BCUT2D eigenvalue weighted by atomic mass is 35.5. The Morgan fingerprint density at radius 2 is 1.83 bits per heavy atom. The topological polar surface area (TPSA) is 96.7 Å². The molecule has 1 aromatic heterocycles. The van der Waals surface area contributed by atoms with Crippen LogP contribution in [0.3, 0.4) is 0 Å². The molecule has 2 atom stereocenters. The molecule has 2 N–H and O–H groups in total. The van der Waals surface area contributed by atoms with E-state index in [4.69, 9.17) is 21.3 Å². The molecular formula is C33H37ClN4O4. The second-order valence-corrected chi connectivity index (χ2v) is 11.3. The van der Waals surface area contributed by atoms with Gasteiger partial charge < -0.3 is 24.6 Å². The minimum Gasteiger partial charge on any atom is -0.465 e. The molecule has 42 heavy (non-hydrogen) atoms. The molecular weight excluding hydrogens is 552 g/mol. The number of aryl methyl sites for hydroxylation is 1. The van der Waals surface area contributed by atoms with E-state index in [-0.39, 0.29) is 18.2 Å². The van der Waals surface area contributed by atoms with E-state index < -0.39 is 12.1 Å². The molecule has 2 amide bonds. The number of ether oxygens (including phenoxy) is 1. The van der Waals surface area contributed by atoms with Crippen LogP contribution in [0.1, 0.15) is 43.0 Å². The van der Waals surface area contributed by atoms with Crippen LogP contribution in [-0.2, 0) is 22.5 Å². The molecule has 1 aliphatic heterocycles. The van der Waals surface area contributed by atoms with Crippen molar-refractivity contribution in [3.05, 3.63) is 89.2 Å². The fraction of sp³-hybridized carbons (Fsp3) is 0.364. The first-order chi connectivity index (χ1) is 20.4. The molecule has 0 bridgehead atoms. The van der Waals surface area contributed by atoms with Crippen molar-refractivity contribution in [2.45, 2.75) is 50.6 Å². The van der Waals surface area contributed by atoms with Crippen LogP contribution in [0.2, 0.25) is 5.02 Å². The Kier molecular flexibility index (Phi) is 9.77. The number of carboxylic acid groups (broad SMARTS) is 1. The molecule has 8 nitrogen and oxygen atoms in total. The van der Waals surface area contributed by atoms with E-state index in [0.717, 1.165) is 59.4 Å². The van der Waals surface area contributed by atoms with Gasteiger partial charge in [-0.05, 0) is 54.5 Å². The number of carbonyl (C=O) groups is 2. The van der Waals surface area contributed by atoms with E-state index in [2.05, 4.69) is 22.0 Å². The van der Waals surface area contributed by atoms with Crippen LogP contribution in [0.25, 0.3) is 22.2 Å². The highest BCUT2D eigenvalue weighted by Crippen LogP contribution is 2.33. The van der Waals surface area contributed by atoms with Gasteiger partial charge in [-0.25, -0.2) is 9.78 Å². The Bertz CT molecular complexity index is 1510. The van der Waals surface area contributed by atoms with Crippen LogP contribution in [-0.4, -0.2) is 64.4 Å². The summed E-state index contributed by atoms with van der Waals surface area (Å²) in [5.41, 5.74) is 4.94. The molecule has 4 aromatic rings. The number of fused-ring (bicyclic) bond motifs is 1. The largest absolute Gasteiger partial charge is 0.465 e. The number of benzene rings is 3. The monoisotopic (exact) mass is 588 g/mol. The number of para-hydroxylation sites is 1. The van der Waals surface area contributed by atoms with Gasteiger partial charge in [-0.3, -0.25) is 4.79 Å². The fourth-order valence-corrected chi connectivity index (χ4v) is 6.19. The fourth-order valence-electron chi connectivity index (χ4n) is 5.92. The number of aromatic nitrogens is 2. The first kappa shape index (κ1) is 29.6. The van der Waals surface area contributed by atoms with Crippen LogP contribution in [0.15, 0.2) is 72.8 Å². The number of carbonyl (C=O) groups excluding carboxylic acids is 1. The molecule has 5 rings (SSSR count). The number of amides is 2. The predicted molar refractivity (Wildman–Crippen MR) is 165 cm³/mol. The first-order valence-electron chi connectivity index (χ1n) is 14.5. The Balaban J connectivity index is 1.29. The Hall–Kier alpha value is -3.88. The third-order valence-corrected chi connectivity index (χ3v) is 8.21.